The molecule has 1 amide bonds. The number of rotatable bonds is 7. The molecule has 0 saturated heterocycles. The summed E-state index contributed by atoms with van der Waals surface area (Å²) in [5, 5.41) is 3.42. The number of benzene rings is 2. The molecule has 2 aromatic carbocycles. The Balaban J connectivity index is 2.06. The Hall–Kier alpha value is -1.91. The van der Waals surface area contributed by atoms with Gasteiger partial charge in [0.15, 0.2) is 11.5 Å². The first kappa shape index (κ1) is 18.4. The molecular weight excluding hydrogens is 349 g/mol. The van der Waals surface area contributed by atoms with E-state index < -0.39 is 0 Å². The van der Waals surface area contributed by atoms with Gasteiger partial charge in [-0.1, -0.05) is 42.3 Å². The summed E-state index contributed by atoms with van der Waals surface area (Å²) in [6.07, 6.45) is 0.918. The van der Waals surface area contributed by atoms with Gasteiger partial charge in [-0.05, 0) is 36.2 Å². The van der Waals surface area contributed by atoms with Gasteiger partial charge in [0.2, 0.25) is 0 Å². The van der Waals surface area contributed by atoms with Crippen LogP contribution in [0, 0.1) is 0 Å². The van der Waals surface area contributed by atoms with Crippen LogP contribution in [0.5, 0.6) is 11.5 Å². The number of halogens is 2. The molecule has 0 heterocycles. The number of carbonyl (C=O) groups excluding carboxylic acids is 1. The molecule has 0 fully saturated rings. The van der Waals surface area contributed by atoms with Gasteiger partial charge in [-0.2, -0.15) is 0 Å². The summed E-state index contributed by atoms with van der Waals surface area (Å²) in [6.45, 7) is 3.00. The Bertz CT molecular complexity index is 719. The first-order valence-corrected chi connectivity index (χ1v) is 8.34. The van der Waals surface area contributed by atoms with Crippen LogP contribution in [0.4, 0.5) is 0 Å². The molecule has 2 aromatic rings. The Kier molecular flexibility index (Phi) is 6.76. The molecule has 0 aliphatic heterocycles. The third-order valence-corrected chi connectivity index (χ3v) is 4.16. The van der Waals surface area contributed by atoms with Gasteiger partial charge in [-0.15, -0.1) is 0 Å². The van der Waals surface area contributed by atoms with Gasteiger partial charge in [0.1, 0.15) is 0 Å². The Morgan fingerprint density at radius 1 is 1.17 bits per heavy atom. The molecule has 0 saturated carbocycles. The van der Waals surface area contributed by atoms with Gasteiger partial charge in [0, 0.05) is 6.54 Å². The van der Waals surface area contributed by atoms with E-state index in [-0.39, 0.29) is 10.9 Å². The second-order valence-corrected chi connectivity index (χ2v) is 5.90. The molecule has 0 atom stereocenters. The Morgan fingerprint density at radius 3 is 2.67 bits per heavy atom. The number of amides is 1. The zero-order valence-corrected chi connectivity index (χ0v) is 15.1. The molecular formula is C18H19Cl2NO3. The van der Waals surface area contributed by atoms with Crippen molar-refractivity contribution in [2.24, 2.45) is 0 Å². The lowest BCUT2D eigenvalue weighted by atomic mass is 10.1. The fourth-order valence-electron chi connectivity index (χ4n) is 2.11. The van der Waals surface area contributed by atoms with E-state index in [1.807, 2.05) is 25.1 Å². The summed E-state index contributed by atoms with van der Waals surface area (Å²) in [6, 6.07) is 10.5. The van der Waals surface area contributed by atoms with E-state index in [9.17, 15) is 4.79 Å². The Morgan fingerprint density at radius 2 is 1.96 bits per heavy atom. The van der Waals surface area contributed by atoms with Gasteiger partial charge in [0.25, 0.3) is 5.91 Å². The first-order valence-electron chi connectivity index (χ1n) is 7.58. The maximum absolute atomic E-state index is 12.2. The van der Waals surface area contributed by atoms with E-state index in [0.717, 1.165) is 12.0 Å². The van der Waals surface area contributed by atoms with Crippen molar-refractivity contribution in [3.63, 3.8) is 0 Å². The Labute approximate surface area is 151 Å². The minimum Gasteiger partial charge on any atom is -0.493 e. The van der Waals surface area contributed by atoms with Crippen LogP contribution in [0.15, 0.2) is 36.4 Å². The first-order chi connectivity index (χ1) is 11.6. The normalized spacial score (nSPS) is 10.3. The summed E-state index contributed by atoms with van der Waals surface area (Å²) in [7, 11) is 1.59. The quantitative estimate of drug-likeness (QED) is 0.769. The van der Waals surface area contributed by atoms with Crippen molar-refractivity contribution < 1.29 is 14.3 Å². The van der Waals surface area contributed by atoms with Gasteiger partial charge in [-0.3, -0.25) is 4.79 Å². The molecule has 0 bridgehead atoms. The van der Waals surface area contributed by atoms with Crippen molar-refractivity contribution in [2.45, 2.75) is 19.9 Å². The third-order valence-electron chi connectivity index (χ3n) is 3.34. The molecule has 1 N–H and O–H groups in total. The SMILES string of the molecule is CCCOc1ccc(CNC(=O)c2cccc(Cl)c2Cl)cc1OC. The smallest absolute Gasteiger partial charge is 0.253 e. The van der Waals surface area contributed by atoms with Crippen LogP contribution in [0.25, 0.3) is 0 Å². The van der Waals surface area contributed by atoms with Crippen LogP contribution >= 0.6 is 23.2 Å². The largest absolute Gasteiger partial charge is 0.493 e. The molecule has 0 aliphatic rings. The van der Waals surface area contributed by atoms with Crippen molar-refractivity contribution in [3.8, 4) is 11.5 Å². The lowest BCUT2D eigenvalue weighted by Gasteiger charge is -2.12. The van der Waals surface area contributed by atoms with Crippen LogP contribution in [-0.2, 0) is 6.54 Å². The number of methoxy groups -OCH3 is 1. The predicted octanol–water partition coefficient (Wildman–Crippen LogP) is 4.72. The van der Waals surface area contributed by atoms with E-state index in [0.29, 0.717) is 35.2 Å². The number of hydrogen-bond acceptors (Lipinski definition) is 3. The maximum Gasteiger partial charge on any atom is 0.253 e. The molecule has 6 heteroatoms. The number of nitrogens with one attached hydrogen (secondary N) is 1. The van der Waals surface area contributed by atoms with Crippen molar-refractivity contribution in [1.29, 1.82) is 0 Å². The second kappa shape index (κ2) is 8.81. The highest BCUT2D eigenvalue weighted by atomic mass is 35.5. The van der Waals surface area contributed by atoms with E-state index in [1.165, 1.54) is 0 Å². The van der Waals surface area contributed by atoms with Gasteiger partial charge >= 0.3 is 0 Å². The topological polar surface area (TPSA) is 47.6 Å². The number of ether oxygens (including phenoxy) is 2. The minimum atomic E-state index is -0.284. The zero-order valence-electron chi connectivity index (χ0n) is 13.6. The van der Waals surface area contributed by atoms with E-state index in [4.69, 9.17) is 32.7 Å². The van der Waals surface area contributed by atoms with Crippen molar-refractivity contribution in [1.82, 2.24) is 5.32 Å². The lowest BCUT2D eigenvalue weighted by Crippen LogP contribution is -2.23. The van der Waals surface area contributed by atoms with Crippen molar-refractivity contribution >= 4 is 29.1 Å². The molecule has 24 heavy (non-hydrogen) atoms. The average molecular weight is 368 g/mol. The standard InChI is InChI=1S/C18H19Cl2NO3/c1-3-9-24-15-8-7-12(10-16(15)23-2)11-21-18(22)13-5-4-6-14(19)17(13)20/h4-8,10H,3,9,11H2,1-2H3,(H,21,22). The lowest BCUT2D eigenvalue weighted by molar-refractivity contribution is 0.0951. The summed E-state index contributed by atoms with van der Waals surface area (Å²) < 4.78 is 10.9. The maximum atomic E-state index is 12.2. The van der Waals surface area contributed by atoms with E-state index >= 15 is 0 Å². The van der Waals surface area contributed by atoms with Crippen molar-refractivity contribution in [2.75, 3.05) is 13.7 Å². The summed E-state index contributed by atoms with van der Waals surface area (Å²) in [5.74, 6) is 1.04. The monoisotopic (exact) mass is 367 g/mol. The molecule has 0 spiro atoms. The van der Waals surface area contributed by atoms with Gasteiger partial charge in [-0.25, -0.2) is 0 Å². The number of carbonyl (C=O) groups is 1. The van der Waals surface area contributed by atoms with Gasteiger partial charge in [0.05, 0.1) is 29.3 Å². The summed E-state index contributed by atoms with van der Waals surface area (Å²) >= 11 is 12.0. The average Bonchev–Trinajstić information content (AvgIpc) is 2.60. The van der Waals surface area contributed by atoms with E-state index in [1.54, 1.807) is 25.3 Å². The van der Waals surface area contributed by atoms with Gasteiger partial charge < -0.3 is 14.8 Å². The minimum absolute atomic E-state index is 0.248. The summed E-state index contributed by atoms with van der Waals surface area (Å²) in [4.78, 5) is 12.2. The second-order valence-electron chi connectivity index (χ2n) is 5.12. The molecule has 4 nitrogen and oxygen atoms in total. The molecule has 0 aromatic heterocycles. The van der Waals surface area contributed by atoms with Crippen LogP contribution in [0.2, 0.25) is 10.0 Å². The fraction of sp³-hybridized carbons (Fsp3) is 0.278. The third kappa shape index (κ3) is 4.56. The number of hydrogen-bond donors (Lipinski definition) is 1. The molecule has 0 aliphatic carbocycles. The van der Waals surface area contributed by atoms with Crippen LogP contribution < -0.4 is 14.8 Å². The van der Waals surface area contributed by atoms with Crippen LogP contribution in [0.3, 0.4) is 0 Å². The van der Waals surface area contributed by atoms with Crippen LogP contribution in [0.1, 0.15) is 29.3 Å². The molecule has 0 radical (unpaired) electrons. The van der Waals surface area contributed by atoms with E-state index in [2.05, 4.69) is 5.32 Å². The highest BCUT2D eigenvalue weighted by Gasteiger charge is 2.13. The highest BCUT2D eigenvalue weighted by molar-refractivity contribution is 6.43. The van der Waals surface area contributed by atoms with Crippen LogP contribution in [-0.4, -0.2) is 19.6 Å². The molecule has 0 unspecified atom stereocenters. The fourth-order valence-corrected chi connectivity index (χ4v) is 2.50. The summed E-state index contributed by atoms with van der Waals surface area (Å²) in [5.41, 5.74) is 1.24. The highest BCUT2D eigenvalue weighted by Crippen LogP contribution is 2.28. The zero-order chi connectivity index (χ0) is 17.5. The molecule has 2 rings (SSSR count). The molecule has 128 valence electrons. The van der Waals surface area contributed by atoms with Crippen molar-refractivity contribution in [3.05, 3.63) is 57.6 Å². The predicted molar refractivity (Wildman–Crippen MR) is 96.4 cm³/mol.